The number of hydrogen-bond acceptors (Lipinski definition) is 3. The summed E-state index contributed by atoms with van der Waals surface area (Å²) in [5.41, 5.74) is 2.12. The van der Waals surface area contributed by atoms with Crippen molar-refractivity contribution in [3.63, 3.8) is 0 Å². The molecule has 1 aromatic carbocycles. The highest BCUT2D eigenvalue weighted by atomic mass is 16.6. The fourth-order valence-electron chi connectivity index (χ4n) is 1.61. The van der Waals surface area contributed by atoms with Crippen LogP contribution < -0.4 is 5.32 Å². The summed E-state index contributed by atoms with van der Waals surface area (Å²) in [6.07, 6.45) is 3.07. The molecule has 0 saturated carbocycles. The van der Waals surface area contributed by atoms with Crippen molar-refractivity contribution in [2.75, 3.05) is 5.32 Å². The molecule has 0 radical (unpaired) electrons. The number of benzene rings is 1. The molecule has 0 fully saturated rings. The van der Waals surface area contributed by atoms with Crippen molar-refractivity contribution in [1.82, 2.24) is 10.2 Å². The average molecular weight is 259 g/mol. The Labute approximate surface area is 112 Å². The Kier molecular flexibility index (Phi) is 3.55. The molecule has 2 rings (SSSR count). The molecule has 19 heavy (non-hydrogen) atoms. The van der Waals surface area contributed by atoms with Gasteiger partial charge in [-0.15, -0.1) is 0 Å². The summed E-state index contributed by atoms with van der Waals surface area (Å²) in [4.78, 5) is 11.7. The Bertz CT molecular complexity index is 556. The molecule has 0 aliphatic rings. The molecule has 2 aromatic rings. The maximum Gasteiger partial charge on any atom is 0.412 e. The lowest BCUT2D eigenvalue weighted by Gasteiger charge is -2.19. The molecule has 5 heteroatoms. The maximum atomic E-state index is 11.7. The predicted molar refractivity (Wildman–Crippen MR) is 73.9 cm³/mol. The number of anilines is 1. The number of rotatable bonds is 2. The van der Waals surface area contributed by atoms with Crippen LogP contribution in [-0.4, -0.2) is 21.9 Å². The van der Waals surface area contributed by atoms with Gasteiger partial charge in [-0.3, -0.25) is 10.4 Å². The fraction of sp³-hybridized carbons (Fsp3) is 0.286. The predicted octanol–water partition coefficient (Wildman–Crippen LogP) is 3.42. The van der Waals surface area contributed by atoms with Crippen molar-refractivity contribution in [3.8, 4) is 11.1 Å². The summed E-state index contributed by atoms with van der Waals surface area (Å²) in [5, 5.41) is 9.37. The number of aromatic amines is 1. The Morgan fingerprint density at radius 3 is 2.74 bits per heavy atom. The molecule has 2 N–H and O–H groups in total. The number of nitrogens with one attached hydrogen (secondary N) is 2. The minimum atomic E-state index is -0.508. The average Bonchev–Trinajstić information content (AvgIpc) is 2.79. The van der Waals surface area contributed by atoms with E-state index in [-0.39, 0.29) is 0 Å². The molecule has 5 nitrogen and oxygen atoms in total. The molecule has 0 atom stereocenters. The third-order valence-electron chi connectivity index (χ3n) is 2.34. The number of carbonyl (C=O) groups excluding carboxylic acids is 1. The van der Waals surface area contributed by atoms with Crippen molar-refractivity contribution in [3.05, 3.63) is 36.7 Å². The second-order valence-electron chi connectivity index (χ2n) is 5.19. The summed E-state index contributed by atoms with van der Waals surface area (Å²) in [5.74, 6) is 0. The number of carbonyl (C=O) groups is 1. The van der Waals surface area contributed by atoms with E-state index in [1.807, 2.05) is 45.0 Å². The topological polar surface area (TPSA) is 67.0 Å². The first-order chi connectivity index (χ1) is 8.94. The van der Waals surface area contributed by atoms with E-state index in [1.165, 1.54) is 0 Å². The molecule has 1 heterocycles. The monoisotopic (exact) mass is 259 g/mol. The first-order valence-corrected chi connectivity index (χ1v) is 6.03. The molecule has 1 amide bonds. The second kappa shape index (κ2) is 5.14. The number of nitrogens with zero attached hydrogens (tertiary/aromatic N) is 1. The van der Waals surface area contributed by atoms with Crippen LogP contribution in [-0.2, 0) is 4.74 Å². The highest BCUT2D eigenvalue weighted by molar-refractivity contribution is 5.86. The summed E-state index contributed by atoms with van der Waals surface area (Å²) in [7, 11) is 0. The van der Waals surface area contributed by atoms with Crippen molar-refractivity contribution in [2.45, 2.75) is 26.4 Å². The lowest BCUT2D eigenvalue weighted by atomic mass is 10.1. The van der Waals surface area contributed by atoms with E-state index in [0.717, 1.165) is 11.1 Å². The standard InChI is InChI=1S/C14H17N3O2/c1-14(2,3)19-13(18)17-12-6-4-5-10(7-12)11-8-15-16-9-11/h4-9H,1-3H3,(H,15,16)(H,17,18). The summed E-state index contributed by atoms with van der Waals surface area (Å²) < 4.78 is 5.20. The van der Waals surface area contributed by atoms with Crippen LogP contribution in [0.3, 0.4) is 0 Å². The van der Waals surface area contributed by atoms with E-state index in [0.29, 0.717) is 5.69 Å². The van der Waals surface area contributed by atoms with Crippen LogP contribution in [0.4, 0.5) is 10.5 Å². The van der Waals surface area contributed by atoms with Crippen molar-refractivity contribution < 1.29 is 9.53 Å². The van der Waals surface area contributed by atoms with E-state index in [1.54, 1.807) is 12.4 Å². The van der Waals surface area contributed by atoms with Crippen LogP contribution in [0.2, 0.25) is 0 Å². The van der Waals surface area contributed by atoms with E-state index in [9.17, 15) is 4.79 Å². The van der Waals surface area contributed by atoms with Gasteiger partial charge < -0.3 is 4.74 Å². The summed E-state index contributed by atoms with van der Waals surface area (Å²) >= 11 is 0. The van der Waals surface area contributed by atoms with Crippen LogP contribution in [0.5, 0.6) is 0 Å². The molecule has 0 aliphatic carbocycles. The third kappa shape index (κ3) is 3.84. The van der Waals surface area contributed by atoms with Gasteiger partial charge in [-0.25, -0.2) is 4.79 Å². The van der Waals surface area contributed by atoms with Crippen molar-refractivity contribution >= 4 is 11.8 Å². The second-order valence-corrected chi connectivity index (χ2v) is 5.19. The molecule has 1 aromatic heterocycles. The molecular weight excluding hydrogens is 242 g/mol. The van der Waals surface area contributed by atoms with Gasteiger partial charge in [-0.2, -0.15) is 5.10 Å². The Morgan fingerprint density at radius 2 is 2.11 bits per heavy atom. The van der Waals surface area contributed by atoms with E-state index in [2.05, 4.69) is 15.5 Å². The smallest absolute Gasteiger partial charge is 0.412 e. The van der Waals surface area contributed by atoms with Gasteiger partial charge in [0.15, 0.2) is 0 Å². The zero-order valence-electron chi connectivity index (χ0n) is 11.2. The van der Waals surface area contributed by atoms with E-state index in [4.69, 9.17) is 4.74 Å². The van der Waals surface area contributed by atoms with Gasteiger partial charge in [0.25, 0.3) is 0 Å². The maximum absolute atomic E-state index is 11.7. The van der Waals surface area contributed by atoms with Gasteiger partial charge in [0.1, 0.15) is 5.60 Å². The Hall–Kier alpha value is -2.30. The van der Waals surface area contributed by atoms with Gasteiger partial charge in [0.2, 0.25) is 0 Å². The largest absolute Gasteiger partial charge is 0.444 e. The molecule has 0 bridgehead atoms. The Balaban J connectivity index is 2.10. The number of ether oxygens (including phenoxy) is 1. The molecular formula is C14H17N3O2. The van der Waals surface area contributed by atoms with Crippen LogP contribution in [0.1, 0.15) is 20.8 Å². The fourth-order valence-corrected chi connectivity index (χ4v) is 1.61. The van der Waals surface area contributed by atoms with Gasteiger partial charge in [-0.05, 0) is 38.5 Å². The first kappa shape index (κ1) is 13.1. The molecule has 0 aliphatic heterocycles. The lowest BCUT2D eigenvalue weighted by Crippen LogP contribution is -2.27. The van der Waals surface area contributed by atoms with Gasteiger partial charge in [-0.1, -0.05) is 12.1 Å². The van der Waals surface area contributed by atoms with Gasteiger partial charge in [0, 0.05) is 17.4 Å². The minimum absolute atomic E-state index is 0.461. The van der Waals surface area contributed by atoms with E-state index < -0.39 is 11.7 Å². The van der Waals surface area contributed by atoms with E-state index >= 15 is 0 Å². The number of H-pyrrole nitrogens is 1. The zero-order valence-corrected chi connectivity index (χ0v) is 11.2. The normalized spacial score (nSPS) is 11.1. The molecule has 100 valence electrons. The van der Waals surface area contributed by atoms with Crippen LogP contribution in [0, 0.1) is 0 Å². The van der Waals surface area contributed by atoms with Crippen LogP contribution in [0.15, 0.2) is 36.7 Å². The number of hydrogen-bond donors (Lipinski definition) is 2. The highest BCUT2D eigenvalue weighted by Crippen LogP contribution is 2.21. The van der Waals surface area contributed by atoms with Gasteiger partial charge in [0.05, 0.1) is 6.20 Å². The number of aromatic nitrogens is 2. The van der Waals surface area contributed by atoms with Gasteiger partial charge >= 0.3 is 6.09 Å². The molecule has 0 spiro atoms. The van der Waals surface area contributed by atoms with Crippen LogP contribution >= 0.6 is 0 Å². The summed E-state index contributed by atoms with van der Waals surface area (Å²) in [6.45, 7) is 5.48. The molecule has 0 unspecified atom stereocenters. The SMILES string of the molecule is CC(C)(C)OC(=O)Nc1cccc(-c2cn[nH]c2)c1. The highest BCUT2D eigenvalue weighted by Gasteiger charge is 2.16. The number of amides is 1. The first-order valence-electron chi connectivity index (χ1n) is 6.03. The third-order valence-corrected chi connectivity index (χ3v) is 2.34. The minimum Gasteiger partial charge on any atom is -0.444 e. The Morgan fingerprint density at radius 1 is 1.32 bits per heavy atom. The molecule has 0 saturated heterocycles. The van der Waals surface area contributed by atoms with Crippen LogP contribution in [0.25, 0.3) is 11.1 Å². The quantitative estimate of drug-likeness (QED) is 0.868. The van der Waals surface area contributed by atoms with Crippen molar-refractivity contribution in [2.24, 2.45) is 0 Å². The lowest BCUT2D eigenvalue weighted by molar-refractivity contribution is 0.0636. The zero-order chi connectivity index (χ0) is 13.9. The van der Waals surface area contributed by atoms with Crippen molar-refractivity contribution in [1.29, 1.82) is 0 Å². The summed E-state index contributed by atoms with van der Waals surface area (Å²) in [6, 6.07) is 7.50.